The zero-order valence-electron chi connectivity index (χ0n) is 10.9. The fourth-order valence-electron chi connectivity index (χ4n) is 1.95. The van der Waals surface area contributed by atoms with Gasteiger partial charge in [-0.1, -0.05) is 25.7 Å². The van der Waals surface area contributed by atoms with Gasteiger partial charge in [0.2, 0.25) is 11.8 Å². The van der Waals surface area contributed by atoms with Gasteiger partial charge in [0.25, 0.3) is 0 Å². The molecule has 5 nitrogen and oxygen atoms in total. The van der Waals surface area contributed by atoms with Gasteiger partial charge in [-0.15, -0.1) is 0 Å². The van der Waals surface area contributed by atoms with Crippen LogP contribution >= 0.6 is 0 Å². The molecular formula is C14H15N3O2. The number of rotatable bonds is 1. The number of hydrogen-bond acceptors (Lipinski definition) is 4. The van der Waals surface area contributed by atoms with Crippen LogP contribution in [0.5, 0.6) is 0 Å². The normalized spacial score (nSPS) is 17.3. The second-order valence-electron chi connectivity index (χ2n) is 5.00. The van der Waals surface area contributed by atoms with Gasteiger partial charge in [-0.2, -0.15) is 0 Å². The number of carbonyl (C=O) groups is 2. The summed E-state index contributed by atoms with van der Waals surface area (Å²) in [5.41, 5.74) is 5.32. The minimum Gasteiger partial charge on any atom is -0.320 e. The highest BCUT2D eigenvalue weighted by atomic mass is 16.2. The van der Waals surface area contributed by atoms with Gasteiger partial charge in [-0.3, -0.25) is 9.59 Å². The summed E-state index contributed by atoms with van der Waals surface area (Å²) in [7, 11) is 0. The third-order valence-electron chi connectivity index (χ3n) is 2.93. The molecule has 0 unspecified atom stereocenters. The van der Waals surface area contributed by atoms with Crippen LogP contribution in [0.15, 0.2) is 18.3 Å². The first-order valence-corrected chi connectivity index (χ1v) is 5.98. The average molecular weight is 257 g/mol. The molecule has 0 saturated carbocycles. The third-order valence-corrected chi connectivity index (χ3v) is 2.93. The molecule has 0 bridgehead atoms. The van der Waals surface area contributed by atoms with Crippen molar-refractivity contribution in [2.45, 2.75) is 20.3 Å². The van der Waals surface area contributed by atoms with Crippen LogP contribution in [0.25, 0.3) is 0 Å². The smallest absolute Gasteiger partial charge is 0.241 e. The minimum absolute atomic E-state index is 0.201. The summed E-state index contributed by atoms with van der Waals surface area (Å²) in [4.78, 5) is 29.3. The molecule has 2 N–H and O–H groups in total. The standard InChI is InChI=1S/C14H15N3O2/c1-14(2)9-12(18)17(13(14)19)11-8-10(4-3-6-15)5-7-16-11/h5,7-8H,6,9,15H2,1-2H3. The first-order valence-electron chi connectivity index (χ1n) is 5.98. The van der Waals surface area contributed by atoms with Crippen molar-refractivity contribution in [3.05, 3.63) is 23.9 Å². The Labute approximate surface area is 111 Å². The van der Waals surface area contributed by atoms with Crippen molar-refractivity contribution in [3.63, 3.8) is 0 Å². The van der Waals surface area contributed by atoms with Crippen molar-refractivity contribution in [2.75, 3.05) is 11.4 Å². The number of carbonyl (C=O) groups excluding carboxylic acids is 2. The predicted molar refractivity (Wildman–Crippen MR) is 71.1 cm³/mol. The Morgan fingerprint density at radius 2 is 2.21 bits per heavy atom. The van der Waals surface area contributed by atoms with Crippen molar-refractivity contribution < 1.29 is 9.59 Å². The van der Waals surface area contributed by atoms with Gasteiger partial charge in [-0.25, -0.2) is 9.88 Å². The van der Waals surface area contributed by atoms with Crippen LogP contribution in [0.2, 0.25) is 0 Å². The summed E-state index contributed by atoms with van der Waals surface area (Å²) >= 11 is 0. The monoisotopic (exact) mass is 257 g/mol. The van der Waals surface area contributed by atoms with Gasteiger partial charge in [-0.05, 0) is 12.1 Å². The Kier molecular flexibility index (Phi) is 3.36. The maximum absolute atomic E-state index is 12.2. The average Bonchev–Trinajstić information content (AvgIpc) is 2.56. The Balaban J connectivity index is 2.37. The number of nitrogens with two attached hydrogens (primary N) is 1. The van der Waals surface area contributed by atoms with Crippen molar-refractivity contribution in [1.29, 1.82) is 0 Å². The molecule has 1 fully saturated rings. The molecule has 1 aromatic rings. The molecule has 0 aromatic carbocycles. The van der Waals surface area contributed by atoms with Crippen LogP contribution < -0.4 is 10.6 Å². The molecule has 0 atom stereocenters. The maximum Gasteiger partial charge on any atom is 0.241 e. The predicted octanol–water partition coefficient (Wildman–Crippen LogP) is 0.681. The van der Waals surface area contributed by atoms with E-state index in [-0.39, 0.29) is 24.8 Å². The highest BCUT2D eigenvalue weighted by molar-refractivity contribution is 6.21. The summed E-state index contributed by atoms with van der Waals surface area (Å²) in [6, 6.07) is 3.34. The third kappa shape index (κ3) is 2.49. The second kappa shape index (κ2) is 4.82. The number of imide groups is 1. The summed E-state index contributed by atoms with van der Waals surface area (Å²) in [5, 5.41) is 0. The molecule has 0 aliphatic carbocycles. The molecule has 2 heterocycles. The van der Waals surface area contributed by atoms with Gasteiger partial charge in [0.05, 0.1) is 12.0 Å². The molecule has 2 amide bonds. The Hall–Kier alpha value is -2.19. The zero-order chi connectivity index (χ0) is 14.0. The van der Waals surface area contributed by atoms with Crippen LogP contribution in [-0.2, 0) is 9.59 Å². The second-order valence-corrected chi connectivity index (χ2v) is 5.00. The fraction of sp³-hybridized carbons (Fsp3) is 0.357. The summed E-state index contributed by atoms with van der Waals surface area (Å²) in [5.74, 6) is 5.44. The minimum atomic E-state index is -0.669. The topological polar surface area (TPSA) is 76.3 Å². The van der Waals surface area contributed by atoms with Crippen molar-refractivity contribution in [2.24, 2.45) is 11.1 Å². The zero-order valence-corrected chi connectivity index (χ0v) is 10.9. The van der Waals surface area contributed by atoms with Crippen molar-refractivity contribution in [3.8, 4) is 11.8 Å². The first kappa shape index (κ1) is 13.2. The van der Waals surface area contributed by atoms with Crippen LogP contribution in [0.4, 0.5) is 5.82 Å². The fourth-order valence-corrected chi connectivity index (χ4v) is 1.95. The van der Waals surface area contributed by atoms with Gasteiger partial charge in [0, 0.05) is 18.2 Å². The molecule has 5 heteroatoms. The van der Waals surface area contributed by atoms with Crippen molar-refractivity contribution >= 4 is 17.6 Å². The maximum atomic E-state index is 12.2. The Morgan fingerprint density at radius 3 is 2.79 bits per heavy atom. The molecule has 2 rings (SSSR count). The number of hydrogen-bond donors (Lipinski definition) is 1. The molecule has 98 valence electrons. The lowest BCUT2D eigenvalue weighted by atomic mass is 9.92. The van der Waals surface area contributed by atoms with E-state index >= 15 is 0 Å². The summed E-state index contributed by atoms with van der Waals surface area (Å²) in [6.45, 7) is 3.77. The molecule has 0 spiro atoms. The van der Waals surface area contributed by atoms with Crippen molar-refractivity contribution in [1.82, 2.24) is 4.98 Å². The van der Waals surface area contributed by atoms with E-state index in [9.17, 15) is 9.59 Å². The molecular weight excluding hydrogens is 242 g/mol. The van der Waals surface area contributed by atoms with Crippen LogP contribution in [0.3, 0.4) is 0 Å². The number of nitrogens with zero attached hydrogens (tertiary/aromatic N) is 2. The molecule has 1 saturated heterocycles. The van der Waals surface area contributed by atoms with Gasteiger partial charge < -0.3 is 5.73 Å². The summed E-state index contributed by atoms with van der Waals surface area (Å²) in [6.07, 6.45) is 1.73. The number of amides is 2. The highest BCUT2D eigenvalue weighted by Gasteiger charge is 2.46. The molecule has 1 aliphatic rings. The van der Waals surface area contributed by atoms with E-state index in [0.29, 0.717) is 11.4 Å². The van der Waals surface area contributed by atoms with Gasteiger partial charge >= 0.3 is 0 Å². The van der Waals surface area contributed by atoms with E-state index in [1.165, 1.54) is 6.20 Å². The van der Waals surface area contributed by atoms with E-state index in [1.54, 1.807) is 26.0 Å². The number of pyridine rings is 1. The van der Waals surface area contributed by atoms with Crippen LogP contribution in [0.1, 0.15) is 25.8 Å². The first-order chi connectivity index (χ1) is 8.95. The Morgan fingerprint density at radius 1 is 1.47 bits per heavy atom. The van der Waals surface area contributed by atoms with E-state index in [0.717, 1.165) is 4.90 Å². The van der Waals surface area contributed by atoms with Crippen LogP contribution in [0, 0.1) is 17.3 Å². The number of aromatic nitrogens is 1. The van der Waals surface area contributed by atoms with Crippen LogP contribution in [-0.4, -0.2) is 23.3 Å². The van der Waals surface area contributed by atoms with Gasteiger partial charge in [0.1, 0.15) is 5.82 Å². The SMILES string of the molecule is CC1(C)CC(=O)N(c2cc(C#CCN)ccn2)C1=O. The largest absolute Gasteiger partial charge is 0.320 e. The molecule has 1 aromatic heterocycles. The summed E-state index contributed by atoms with van der Waals surface area (Å²) < 4.78 is 0. The van der Waals surface area contributed by atoms with E-state index in [2.05, 4.69) is 16.8 Å². The quantitative estimate of drug-likeness (QED) is 0.593. The van der Waals surface area contributed by atoms with E-state index in [1.807, 2.05) is 0 Å². The lowest BCUT2D eigenvalue weighted by molar-refractivity contribution is -0.124. The lowest BCUT2D eigenvalue weighted by Gasteiger charge is -2.16. The molecule has 0 radical (unpaired) electrons. The molecule has 19 heavy (non-hydrogen) atoms. The van der Waals surface area contributed by atoms with Gasteiger partial charge in [0.15, 0.2) is 0 Å². The highest BCUT2D eigenvalue weighted by Crippen LogP contribution is 2.34. The van der Waals surface area contributed by atoms with E-state index in [4.69, 9.17) is 5.73 Å². The lowest BCUT2D eigenvalue weighted by Crippen LogP contribution is -2.33. The Bertz CT molecular complexity index is 596. The number of anilines is 1. The van der Waals surface area contributed by atoms with E-state index < -0.39 is 5.41 Å². The molecule has 1 aliphatic heterocycles.